The van der Waals surface area contributed by atoms with Gasteiger partial charge in [0, 0.05) is 31.5 Å². The quantitative estimate of drug-likeness (QED) is 0.485. The predicted molar refractivity (Wildman–Crippen MR) is 127 cm³/mol. The molecule has 0 saturated carbocycles. The number of hydrogen-bond acceptors (Lipinski definition) is 5. The zero-order valence-electron chi connectivity index (χ0n) is 19.6. The van der Waals surface area contributed by atoms with Crippen LogP contribution >= 0.6 is 0 Å². The molecule has 1 atom stereocenters. The van der Waals surface area contributed by atoms with Crippen molar-refractivity contribution < 1.29 is 14.1 Å². The van der Waals surface area contributed by atoms with Crippen molar-refractivity contribution in [3.8, 4) is 11.4 Å². The van der Waals surface area contributed by atoms with Crippen molar-refractivity contribution in [3.63, 3.8) is 0 Å². The van der Waals surface area contributed by atoms with E-state index in [0.29, 0.717) is 24.9 Å². The second-order valence-electron chi connectivity index (χ2n) is 8.26. The summed E-state index contributed by atoms with van der Waals surface area (Å²) in [6.07, 6.45) is 1.70. The van der Waals surface area contributed by atoms with Crippen LogP contribution in [0.3, 0.4) is 0 Å². The number of aromatic nitrogens is 2. The Kier molecular flexibility index (Phi) is 6.89. The van der Waals surface area contributed by atoms with E-state index in [0.717, 1.165) is 40.8 Å². The molecule has 4 rings (SSSR count). The zero-order valence-corrected chi connectivity index (χ0v) is 19.6. The smallest absolute Gasteiger partial charge is 0.322 e. The Balaban J connectivity index is 1.74. The molecular weight excluding hydrogens is 416 g/mol. The molecule has 0 bridgehead atoms. The monoisotopic (exact) mass is 446 g/mol. The molecule has 1 aliphatic rings. The van der Waals surface area contributed by atoms with Crippen LogP contribution in [0.1, 0.15) is 48.9 Å². The zero-order chi connectivity index (χ0) is 23.4. The van der Waals surface area contributed by atoms with Gasteiger partial charge in [0.25, 0.3) is 5.89 Å². The molecule has 0 radical (unpaired) electrons. The molecule has 1 aromatic heterocycles. The van der Waals surface area contributed by atoms with Crippen molar-refractivity contribution in [2.75, 3.05) is 20.3 Å². The lowest BCUT2D eigenvalue weighted by Crippen LogP contribution is -2.46. The fraction of sp³-hybridized carbons (Fsp3) is 0.346. The SMILES string of the molecule is CCc1ccc(-c2noc(C3=C(C)N(CCCOC)C(=O)NC3c3ccc(C)cc3)n2)cc1. The van der Waals surface area contributed by atoms with Crippen LogP contribution in [0, 0.1) is 6.92 Å². The topological polar surface area (TPSA) is 80.5 Å². The Morgan fingerprint density at radius 2 is 1.82 bits per heavy atom. The number of amides is 2. The third-order valence-electron chi connectivity index (χ3n) is 6.01. The van der Waals surface area contributed by atoms with Gasteiger partial charge >= 0.3 is 6.03 Å². The number of urea groups is 1. The number of allylic oxidation sites excluding steroid dienone is 1. The Morgan fingerprint density at radius 1 is 1.09 bits per heavy atom. The largest absolute Gasteiger partial charge is 0.385 e. The van der Waals surface area contributed by atoms with Gasteiger partial charge in [-0.15, -0.1) is 0 Å². The van der Waals surface area contributed by atoms with Crippen molar-refractivity contribution in [1.82, 2.24) is 20.4 Å². The third-order valence-corrected chi connectivity index (χ3v) is 6.01. The van der Waals surface area contributed by atoms with Crippen LogP contribution < -0.4 is 5.32 Å². The summed E-state index contributed by atoms with van der Waals surface area (Å²) in [4.78, 5) is 19.4. The van der Waals surface area contributed by atoms with E-state index in [1.165, 1.54) is 5.56 Å². The van der Waals surface area contributed by atoms with E-state index >= 15 is 0 Å². The maximum absolute atomic E-state index is 13.0. The molecular formula is C26H30N4O3. The molecule has 7 nitrogen and oxygen atoms in total. The van der Waals surface area contributed by atoms with E-state index < -0.39 is 0 Å². The van der Waals surface area contributed by atoms with Gasteiger partial charge in [0.05, 0.1) is 11.6 Å². The van der Waals surface area contributed by atoms with E-state index in [-0.39, 0.29) is 12.1 Å². The van der Waals surface area contributed by atoms with Crippen LogP contribution in [-0.2, 0) is 11.2 Å². The van der Waals surface area contributed by atoms with Gasteiger partial charge in [-0.1, -0.05) is 66.2 Å². The second-order valence-corrected chi connectivity index (χ2v) is 8.26. The number of aryl methyl sites for hydroxylation is 2. The van der Waals surface area contributed by atoms with Gasteiger partial charge in [-0.25, -0.2) is 4.79 Å². The molecule has 3 aromatic rings. The summed E-state index contributed by atoms with van der Waals surface area (Å²) in [5.41, 5.74) is 5.87. The normalized spacial score (nSPS) is 16.3. The molecule has 2 amide bonds. The van der Waals surface area contributed by atoms with Gasteiger partial charge < -0.3 is 14.6 Å². The van der Waals surface area contributed by atoms with E-state index in [1.807, 2.05) is 50.2 Å². The van der Waals surface area contributed by atoms with Crippen LogP contribution in [0.5, 0.6) is 0 Å². The Labute approximate surface area is 194 Å². The van der Waals surface area contributed by atoms with Gasteiger partial charge in [0.2, 0.25) is 5.82 Å². The van der Waals surface area contributed by atoms with Crippen molar-refractivity contribution in [3.05, 3.63) is 76.8 Å². The number of carbonyl (C=O) groups is 1. The molecule has 0 spiro atoms. The molecule has 2 aromatic carbocycles. The van der Waals surface area contributed by atoms with Crippen LogP contribution in [0.2, 0.25) is 0 Å². The summed E-state index contributed by atoms with van der Waals surface area (Å²) in [5.74, 6) is 0.933. The number of nitrogens with one attached hydrogen (secondary N) is 1. The molecule has 172 valence electrons. The summed E-state index contributed by atoms with van der Waals surface area (Å²) < 4.78 is 10.9. The van der Waals surface area contributed by atoms with E-state index in [9.17, 15) is 4.79 Å². The van der Waals surface area contributed by atoms with Gasteiger partial charge in [-0.05, 0) is 37.8 Å². The first-order valence-electron chi connectivity index (χ1n) is 11.3. The molecule has 1 unspecified atom stereocenters. The van der Waals surface area contributed by atoms with Crippen molar-refractivity contribution >= 4 is 11.6 Å². The van der Waals surface area contributed by atoms with Gasteiger partial charge in [-0.3, -0.25) is 4.90 Å². The van der Waals surface area contributed by atoms with Crippen LogP contribution in [0.4, 0.5) is 4.79 Å². The minimum atomic E-state index is -0.382. The van der Waals surface area contributed by atoms with Crippen molar-refractivity contribution in [2.45, 2.75) is 39.7 Å². The Morgan fingerprint density at radius 3 is 2.48 bits per heavy atom. The number of benzene rings is 2. The number of hydrogen-bond donors (Lipinski definition) is 1. The molecule has 1 aliphatic heterocycles. The Bertz CT molecular complexity index is 1130. The lowest BCUT2D eigenvalue weighted by molar-refractivity contribution is 0.174. The maximum Gasteiger partial charge on any atom is 0.322 e. The highest BCUT2D eigenvalue weighted by Gasteiger charge is 2.35. The molecule has 0 fully saturated rings. The third kappa shape index (κ3) is 4.83. The fourth-order valence-corrected chi connectivity index (χ4v) is 4.04. The highest BCUT2D eigenvalue weighted by molar-refractivity contribution is 5.86. The van der Waals surface area contributed by atoms with Crippen LogP contribution in [0.15, 0.2) is 58.8 Å². The highest BCUT2D eigenvalue weighted by atomic mass is 16.5. The molecule has 33 heavy (non-hydrogen) atoms. The summed E-state index contributed by atoms with van der Waals surface area (Å²) in [6.45, 7) is 7.21. The standard InChI is InChI=1S/C26H30N4O3/c1-5-19-9-13-21(14-10-19)24-28-25(33-29-24)22-18(3)30(15-6-16-32-4)26(31)27-23(22)20-11-7-17(2)8-12-20/h7-14,23H,5-6,15-16H2,1-4H3,(H,27,31). The summed E-state index contributed by atoms with van der Waals surface area (Å²) in [6, 6.07) is 15.7. The number of methoxy groups -OCH3 is 1. The van der Waals surface area contributed by atoms with E-state index in [4.69, 9.17) is 14.2 Å². The van der Waals surface area contributed by atoms with E-state index in [2.05, 4.69) is 29.5 Å². The summed E-state index contributed by atoms with van der Waals surface area (Å²) in [5, 5.41) is 7.37. The second kappa shape index (κ2) is 10.0. The van der Waals surface area contributed by atoms with Crippen molar-refractivity contribution in [1.29, 1.82) is 0 Å². The minimum Gasteiger partial charge on any atom is -0.385 e. The van der Waals surface area contributed by atoms with Crippen LogP contribution in [-0.4, -0.2) is 41.3 Å². The van der Waals surface area contributed by atoms with E-state index in [1.54, 1.807) is 12.0 Å². The number of carbonyl (C=O) groups excluding carboxylic acids is 1. The number of nitrogens with zero attached hydrogens (tertiary/aromatic N) is 3. The lowest BCUT2D eigenvalue weighted by Gasteiger charge is -2.35. The van der Waals surface area contributed by atoms with Gasteiger partial charge in [-0.2, -0.15) is 4.98 Å². The minimum absolute atomic E-state index is 0.146. The summed E-state index contributed by atoms with van der Waals surface area (Å²) >= 11 is 0. The molecule has 2 heterocycles. The molecule has 7 heteroatoms. The predicted octanol–water partition coefficient (Wildman–Crippen LogP) is 5.14. The first-order valence-corrected chi connectivity index (χ1v) is 11.3. The first-order chi connectivity index (χ1) is 16.0. The van der Waals surface area contributed by atoms with Crippen LogP contribution in [0.25, 0.3) is 17.0 Å². The highest BCUT2D eigenvalue weighted by Crippen LogP contribution is 2.37. The number of rotatable bonds is 8. The number of ether oxygens (including phenoxy) is 1. The molecule has 0 saturated heterocycles. The van der Waals surface area contributed by atoms with Gasteiger partial charge in [0.15, 0.2) is 0 Å². The lowest BCUT2D eigenvalue weighted by atomic mass is 9.94. The Hall–Kier alpha value is -3.45. The average molecular weight is 447 g/mol. The van der Waals surface area contributed by atoms with Gasteiger partial charge in [0.1, 0.15) is 0 Å². The molecule has 1 N–H and O–H groups in total. The fourth-order valence-electron chi connectivity index (χ4n) is 4.04. The maximum atomic E-state index is 13.0. The van der Waals surface area contributed by atoms with Crippen molar-refractivity contribution in [2.24, 2.45) is 0 Å². The summed E-state index contributed by atoms with van der Waals surface area (Å²) in [7, 11) is 1.66. The average Bonchev–Trinajstić information content (AvgIpc) is 3.31. The first kappa shape index (κ1) is 22.7. The molecule has 0 aliphatic carbocycles.